The third-order valence-corrected chi connectivity index (χ3v) is 6.03. The smallest absolute Gasteiger partial charge is 0.338 e. The lowest BCUT2D eigenvalue weighted by Crippen LogP contribution is -2.47. The van der Waals surface area contributed by atoms with E-state index in [2.05, 4.69) is 17.6 Å². The molecule has 2 N–H and O–H groups in total. The number of nitrogens with zero attached hydrogens (tertiary/aromatic N) is 1. The third kappa shape index (κ3) is 6.06. The van der Waals surface area contributed by atoms with Gasteiger partial charge >= 0.3 is 5.97 Å². The summed E-state index contributed by atoms with van der Waals surface area (Å²) in [6, 6.07) is 7.17. The highest BCUT2D eigenvalue weighted by Crippen LogP contribution is 2.32. The van der Waals surface area contributed by atoms with E-state index in [1.54, 1.807) is 6.92 Å². The molecule has 7 heteroatoms. The van der Waals surface area contributed by atoms with Crippen molar-refractivity contribution in [2.45, 2.75) is 66.3 Å². The Morgan fingerprint density at radius 2 is 1.87 bits per heavy atom. The molecule has 0 saturated heterocycles. The quantitative estimate of drug-likeness (QED) is 0.393. The number of rotatable bonds is 10. The molecule has 2 rings (SSSR count). The lowest BCUT2D eigenvalue weighted by molar-refractivity contribution is -0.139. The van der Waals surface area contributed by atoms with Crippen LogP contribution in [-0.4, -0.2) is 35.0 Å². The van der Waals surface area contributed by atoms with Crippen LogP contribution in [0.2, 0.25) is 0 Å². The summed E-state index contributed by atoms with van der Waals surface area (Å²) >= 11 is 5.52. The van der Waals surface area contributed by atoms with Crippen molar-refractivity contribution in [1.29, 1.82) is 0 Å². The summed E-state index contributed by atoms with van der Waals surface area (Å²) < 4.78 is 5.32. The van der Waals surface area contributed by atoms with Crippen molar-refractivity contribution in [3.05, 3.63) is 41.1 Å². The minimum atomic E-state index is -0.396. The van der Waals surface area contributed by atoms with E-state index in [4.69, 9.17) is 17.0 Å². The molecule has 0 fully saturated rings. The van der Waals surface area contributed by atoms with E-state index in [0.29, 0.717) is 23.8 Å². The fourth-order valence-electron chi connectivity index (χ4n) is 3.86. The van der Waals surface area contributed by atoms with Crippen molar-refractivity contribution >= 4 is 34.9 Å². The number of benzene rings is 1. The Kier molecular flexibility index (Phi) is 9.49. The van der Waals surface area contributed by atoms with Crippen LogP contribution < -0.4 is 10.6 Å². The van der Waals surface area contributed by atoms with Crippen molar-refractivity contribution in [3.63, 3.8) is 0 Å². The minimum absolute atomic E-state index is 0.0260. The van der Waals surface area contributed by atoms with Crippen LogP contribution in [0.25, 0.3) is 0 Å². The van der Waals surface area contributed by atoms with Crippen molar-refractivity contribution in [3.8, 4) is 0 Å². The summed E-state index contributed by atoms with van der Waals surface area (Å²) in [7, 11) is 0. The first-order valence-corrected chi connectivity index (χ1v) is 11.6. The Morgan fingerprint density at radius 3 is 2.42 bits per heavy atom. The number of unbranched alkanes of at least 4 members (excludes halogenated alkanes) is 1. The molecular formula is C24H35N3O3S. The Hall–Kier alpha value is -2.41. The van der Waals surface area contributed by atoms with Crippen LogP contribution in [0.5, 0.6) is 0 Å². The van der Waals surface area contributed by atoms with Gasteiger partial charge in [0.25, 0.3) is 0 Å². The summed E-state index contributed by atoms with van der Waals surface area (Å²) in [5, 5.41) is 6.88. The highest BCUT2D eigenvalue weighted by molar-refractivity contribution is 7.80. The Balaban J connectivity index is 2.25. The van der Waals surface area contributed by atoms with E-state index in [0.717, 1.165) is 42.6 Å². The van der Waals surface area contributed by atoms with Crippen LogP contribution in [0, 0.1) is 5.92 Å². The fraction of sp³-hybridized carbons (Fsp3) is 0.542. The second kappa shape index (κ2) is 11.8. The number of thiocarbonyl (C=S) groups is 1. The third-order valence-electron chi connectivity index (χ3n) is 5.69. The van der Waals surface area contributed by atoms with Crippen LogP contribution in [0.4, 0.5) is 5.69 Å². The van der Waals surface area contributed by atoms with Crippen molar-refractivity contribution < 1.29 is 14.3 Å². The second-order valence-electron chi connectivity index (χ2n) is 7.70. The topological polar surface area (TPSA) is 70.7 Å². The van der Waals surface area contributed by atoms with Gasteiger partial charge in [-0.3, -0.25) is 4.79 Å². The van der Waals surface area contributed by atoms with Crippen molar-refractivity contribution in [2.24, 2.45) is 5.92 Å². The molecule has 0 saturated carbocycles. The summed E-state index contributed by atoms with van der Waals surface area (Å²) in [4.78, 5) is 27.2. The molecule has 1 aliphatic rings. The molecule has 1 aliphatic heterocycles. The molecule has 1 amide bonds. The average Bonchev–Trinajstić information content (AvgIpc) is 2.74. The molecule has 170 valence electrons. The van der Waals surface area contributed by atoms with Crippen LogP contribution in [0.3, 0.4) is 0 Å². The largest absolute Gasteiger partial charge is 0.463 e. The molecule has 1 heterocycles. The van der Waals surface area contributed by atoms with Gasteiger partial charge in [-0.2, -0.15) is 0 Å². The molecule has 0 spiro atoms. The van der Waals surface area contributed by atoms with E-state index in [1.807, 2.05) is 49.9 Å². The zero-order valence-electron chi connectivity index (χ0n) is 19.3. The van der Waals surface area contributed by atoms with E-state index < -0.39 is 6.04 Å². The predicted molar refractivity (Wildman–Crippen MR) is 129 cm³/mol. The van der Waals surface area contributed by atoms with Gasteiger partial charge in [-0.25, -0.2) is 4.79 Å². The maximum absolute atomic E-state index is 12.7. The number of nitrogens with one attached hydrogen (secondary N) is 2. The number of esters is 1. The van der Waals surface area contributed by atoms with Gasteiger partial charge in [0, 0.05) is 23.8 Å². The molecule has 2 unspecified atom stereocenters. The van der Waals surface area contributed by atoms with Crippen molar-refractivity contribution in [1.82, 2.24) is 10.2 Å². The minimum Gasteiger partial charge on any atom is -0.463 e. The normalized spacial score (nSPS) is 17.3. The van der Waals surface area contributed by atoms with Gasteiger partial charge < -0.3 is 20.3 Å². The Morgan fingerprint density at radius 1 is 1.19 bits per heavy atom. The summed E-state index contributed by atoms with van der Waals surface area (Å²) in [5.41, 5.74) is 2.99. The molecule has 6 nitrogen and oxygen atoms in total. The Bertz CT molecular complexity index is 820. The number of carbonyl (C=O) groups excluding carboxylic acids is 2. The molecule has 31 heavy (non-hydrogen) atoms. The van der Waals surface area contributed by atoms with E-state index in [9.17, 15) is 9.59 Å². The molecule has 0 bridgehead atoms. The monoisotopic (exact) mass is 445 g/mol. The van der Waals surface area contributed by atoms with Gasteiger partial charge in [0.2, 0.25) is 5.91 Å². The number of hydrogen-bond acceptors (Lipinski definition) is 4. The number of ether oxygens (including phenoxy) is 1. The molecular weight excluding hydrogens is 410 g/mol. The highest BCUT2D eigenvalue weighted by atomic mass is 32.1. The summed E-state index contributed by atoms with van der Waals surface area (Å²) in [6.45, 7) is 10.8. The maximum Gasteiger partial charge on any atom is 0.338 e. The average molecular weight is 446 g/mol. The van der Waals surface area contributed by atoms with Crippen LogP contribution in [-0.2, 0) is 14.3 Å². The molecule has 2 atom stereocenters. The predicted octanol–water partition coefficient (Wildman–Crippen LogP) is 4.93. The van der Waals surface area contributed by atoms with E-state index in [1.165, 1.54) is 0 Å². The molecule has 1 aromatic carbocycles. The number of allylic oxidation sites excluding steroid dienone is 1. The first-order chi connectivity index (χ1) is 14.9. The second-order valence-corrected chi connectivity index (χ2v) is 8.09. The van der Waals surface area contributed by atoms with Gasteiger partial charge in [0.15, 0.2) is 5.11 Å². The van der Waals surface area contributed by atoms with Gasteiger partial charge in [-0.1, -0.05) is 38.8 Å². The highest BCUT2D eigenvalue weighted by Gasteiger charge is 2.34. The maximum atomic E-state index is 12.7. The zero-order chi connectivity index (χ0) is 23.0. The van der Waals surface area contributed by atoms with E-state index >= 15 is 0 Å². The van der Waals surface area contributed by atoms with Gasteiger partial charge in [0.05, 0.1) is 18.2 Å². The number of hydrogen-bond donors (Lipinski definition) is 2. The zero-order valence-corrected chi connectivity index (χ0v) is 20.1. The fourth-order valence-corrected chi connectivity index (χ4v) is 4.24. The van der Waals surface area contributed by atoms with Crippen LogP contribution >= 0.6 is 12.2 Å². The van der Waals surface area contributed by atoms with Gasteiger partial charge in [-0.15, -0.1) is 0 Å². The lowest BCUT2D eigenvalue weighted by atomic mass is 9.94. The first-order valence-electron chi connectivity index (χ1n) is 11.2. The van der Waals surface area contributed by atoms with Crippen molar-refractivity contribution in [2.75, 3.05) is 18.5 Å². The van der Waals surface area contributed by atoms with Crippen LogP contribution in [0.1, 0.15) is 71.9 Å². The number of anilines is 1. The van der Waals surface area contributed by atoms with Gasteiger partial charge in [0.1, 0.15) is 0 Å². The number of amides is 1. The number of carbonyl (C=O) groups is 2. The van der Waals surface area contributed by atoms with Crippen LogP contribution in [0.15, 0.2) is 35.5 Å². The summed E-state index contributed by atoms with van der Waals surface area (Å²) in [6.07, 6.45) is 3.87. The summed E-state index contributed by atoms with van der Waals surface area (Å²) in [5.74, 6) is -0.266. The Labute approximate surface area is 191 Å². The lowest BCUT2D eigenvalue weighted by Gasteiger charge is -2.37. The SMILES string of the molecule is CCCCC(CC)C(=O)Nc1ccc(C2NC(=S)N(CC)C(C)=C2C(=O)OCC)cc1. The van der Waals surface area contributed by atoms with E-state index in [-0.39, 0.29) is 17.8 Å². The standard InChI is InChI=1S/C24H35N3O3S/c1-6-10-11-17(7-2)22(28)25-19-14-12-18(13-15-19)21-20(23(29)30-9-4)16(5)27(8-3)24(31)26-21/h12-15,17,21H,6-11H2,1-5H3,(H,25,28)(H,26,31). The first kappa shape index (κ1) is 24.9. The molecule has 0 radical (unpaired) electrons. The van der Waals surface area contributed by atoms with Gasteiger partial charge in [-0.05, 0) is 63.5 Å². The molecule has 1 aromatic rings. The molecule has 0 aromatic heterocycles. The molecule has 0 aliphatic carbocycles.